The molecule has 4 nitrogen and oxygen atoms in total. The molecule has 2 aromatic carbocycles. The van der Waals surface area contributed by atoms with E-state index in [0.717, 1.165) is 58.1 Å². The number of hydrogen-bond acceptors (Lipinski definition) is 4. The maximum absolute atomic E-state index is 5.54. The van der Waals surface area contributed by atoms with Crippen LogP contribution in [0.5, 0.6) is 5.75 Å². The van der Waals surface area contributed by atoms with Gasteiger partial charge in [-0.1, -0.05) is 30.3 Å². The zero-order valence-corrected chi connectivity index (χ0v) is 15.1. The first-order valence-electron chi connectivity index (χ1n) is 8.44. The molecule has 0 amide bonds. The number of nitrogens with one attached hydrogen (secondary N) is 1. The molecule has 0 unspecified atom stereocenters. The Bertz CT molecular complexity index is 630. The molecule has 132 valence electrons. The average molecular weight is 351 g/mol. The maximum atomic E-state index is 5.54. The van der Waals surface area contributed by atoms with Crippen molar-refractivity contribution >= 4 is 23.2 Å². The molecule has 1 aliphatic heterocycles. The molecule has 5 heteroatoms. The predicted octanol–water partition coefficient (Wildman–Crippen LogP) is 3.08. The monoisotopic (exact) mass is 350 g/mol. The summed E-state index contributed by atoms with van der Waals surface area (Å²) in [6, 6.07) is 12.7. The molecule has 2 aromatic rings. The van der Waals surface area contributed by atoms with E-state index in [0.29, 0.717) is 0 Å². The van der Waals surface area contributed by atoms with Gasteiger partial charge in [0.2, 0.25) is 0 Å². The topological polar surface area (TPSA) is 33.7 Å². The lowest BCUT2D eigenvalue weighted by Crippen LogP contribution is -2.37. The fourth-order valence-electron chi connectivity index (χ4n) is 3.16. The molecule has 1 fully saturated rings. The highest BCUT2D eigenvalue weighted by molar-refractivity contribution is 5.87. The number of methoxy groups -OCH3 is 1. The summed E-state index contributed by atoms with van der Waals surface area (Å²) in [5.74, 6) is 0.962. The van der Waals surface area contributed by atoms with Gasteiger partial charge in [-0.15, -0.1) is 12.4 Å². The molecular formula is C19H27ClN2O2. The number of fused-ring (bicyclic) bond motifs is 1. The van der Waals surface area contributed by atoms with Crippen molar-refractivity contribution in [2.24, 2.45) is 0 Å². The first-order valence-corrected chi connectivity index (χ1v) is 8.44. The predicted molar refractivity (Wildman–Crippen MR) is 101 cm³/mol. The Morgan fingerprint density at radius 1 is 1.12 bits per heavy atom. The van der Waals surface area contributed by atoms with Crippen LogP contribution < -0.4 is 10.1 Å². The molecule has 1 heterocycles. The lowest BCUT2D eigenvalue weighted by atomic mass is 10.0. The summed E-state index contributed by atoms with van der Waals surface area (Å²) in [4.78, 5) is 2.48. The van der Waals surface area contributed by atoms with Crippen molar-refractivity contribution in [3.05, 3.63) is 42.0 Å². The van der Waals surface area contributed by atoms with E-state index in [1.165, 1.54) is 16.3 Å². The quantitative estimate of drug-likeness (QED) is 0.778. The van der Waals surface area contributed by atoms with Crippen LogP contribution in [0.3, 0.4) is 0 Å². The van der Waals surface area contributed by atoms with Crippen molar-refractivity contribution in [1.29, 1.82) is 0 Å². The van der Waals surface area contributed by atoms with E-state index in [4.69, 9.17) is 9.47 Å². The van der Waals surface area contributed by atoms with E-state index in [1.54, 1.807) is 7.11 Å². The van der Waals surface area contributed by atoms with E-state index in [2.05, 4.69) is 46.6 Å². The molecule has 0 radical (unpaired) electrons. The van der Waals surface area contributed by atoms with Gasteiger partial charge in [-0.2, -0.15) is 0 Å². The number of benzene rings is 2. The van der Waals surface area contributed by atoms with E-state index in [9.17, 15) is 0 Å². The minimum atomic E-state index is 0. The fraction of sp³-hybridized carbons (Fsp3) is 0.474. The standard InChI is InChI=1S/C19H26N2O2.ClH/c1-22-19-8-7-16-5-2-3-6-17(16)18(19)15-20-9-4-10-21-11-13-23-14-12-21;/h2-3,5-8,20H,4,9-15H2,1H3;1H. The van der Waals surface area contributed by atoms with Crippen LogP contribution in [0.25, 0.3) is 10.8 Å². The zero-order chi connectivity index (χ0) is 15.9. The normalized spacial score (nSPS) is 15.2. The Labute approximate surface area is 150 Å². The lowest BCUT2D eigenvalue weighted by molar-refractivity contribution is 0.0374. The Morgan fingerprint density at radius 2 is 1.92 bits per heavy atom. The van der Waals surface area contributed by atoms with Gasteiger partial charge >= 0.3 is 0 Å². The highest BCUT2D eigenvalue weighted by Crippen LogP contribution is 2.27. The molecule has 24 heavy (non-hydrogen) atoms. The van der Waals surface area contributed by atoms with Gasteiger partial charge in [0.1, 0.15) is 5.75 Å². The van der Waals surface area contributed by atoms with Gasteiger partial charge in [0.25, 0.3) is 0 Å². The summed E-state index contributed by atoms with van der Waals surface area (Å²) in [6.45, 7) is 6.88. The highest BCUT2D eigenvalue weighted by atomic mass is 35.5. The Hall–Kier alpha value is -1.33. The minimum Gasteiger partial charge on any atom is -0.496 e. The number of ether oxygens (including phenoxy) is 2. The highest BCUT2D eigenvalue weighted by Gasteiger charge is 2.10. The van der Waals surface area contributed by atoms with Gasteiger partial charge in [0, 0.05) is 25.2 Å². The summed E-state index contributed by atoms with van der Waals surface area (Å²) < 4.78 is 10.9. The summed E-state index contributed by atoms with van der Waals surface area (Å²) in [7, 11) is 1.74. The van der Waals surface area contributed by atoms with Gasteiger partial charge in [0.15, 0.2) is 0 Å². The number of morpholine rings is 1. The minimum absolute atomic E-state index is 0. The van der Waals surface area contributed by atoms with Crippen LogP contribution in [-0.2, 0) is 11.3 Å². The molecule has 0 spiro atoms. The van der Waals surface area contributed by atoms with Crippen molar-refractivity contribution < 1.29 is 9.47 Å². The van der Waals surface area contributed by atoms with E-state index < -0.39 is 0 Å². The number of rotatable bonds is 7. The van der Waals surface area contributed by atoms with Crippen LogP contribution in [0, 0.1) is 0 Å². The van der Waals surface area contributed by atoms with Crippen molar-refractivity contribution in [2.45, 2.75) is 13.0 Å². The molecule has 0 atom stereocenters. The summed E-state index contributed by atoms with van der Waals surface area (Å²) in [5, 5.41) is 6.10. The Balaban J connectivity index is 0.00000208. The van der Waals surface area contributed by atoms with Crippen molar-refractivity contribution in [3.63, 3.8) is 0 Å². The smallest absolute Gasteiger partial charge is 0.123 e. The second kappa shape index (κ2) is 9.84. The Morgan fingerprint density at radius 3 is 2.71 bits per heavy atom. The lowest BCUT2D eigenvalue weighted by Gasteiger charge is -2.26. The third kappa shape index (κ3) is 4.84. The number of nitrogens with zero attached hydrogens (tertiary/aromatic N) is 1. The van der Waals surface area contributed by atoms with Crippen molar-refractivity contribution in [1.82, 2.24) is 10.2 Å². The van der Waals surface area contributed by atoms with Crippen LogP contribution in [0.1, 0.15) is 12.0 Å². The van der Waals surface area contributed by atoms with Crippen molar-refractivity contribution in [3.8, 4) is 5.75 Å². The molecule has 1 N–H and O–H groups in total. The van der Waals surface area contributed by atoms with Gasteiger partial charge < -0.3 is 14.8 Å². The first kappa shape index (κ1) is 19.0. The van der Waals surface area contributed by atoms with E-state index in [1.807, 2.05) is 0 Å². The molecule has 0 aliphatic carbocycles. The molecule has 0 aromatic heterocycles. The van der Waals surface area contributed by atoms with Crippen molar-refractivity contribution in [2.75, 3.05) is 46.5 Å². The van der Waals surface area contributed by atoms with Gasteiger partial charge in [0.05, 0.1) is 20.3 Å². The SMILES string of the molecule is COc1ccc2ccccc2c1CNCCCN1CCOCC1.Cl. The zero-order valence-electron chi connectivity index (χ0n) is 14.3. The fourth-order valence-corrected chi connectivity index (χ4v) is 3.16. The second-order valence-electron chi connectivity index (χ2n) is 5.95. The molecule has 1 saturated heterocycles. The third-order valence-corrected chi connectivity index (χ3v) is 4.45. The summed E-state index contributed by atoms with van der Waals surface area (Å²) in [6.07, 6.45) is 1.16. The molecule has 1 aliphatic rings. The second-order valence-corrected chi connectivity index (χ2v) is 5.95. The van der Waals surface area contributed by atoms with Crippen LogP contribution in [0.4, 0.5) is 0 Å². The van der Waals surface area contributed by atoms with Crippen LogP contribution in [-0.4, -0.2) is 51.4 Å². The number of hydrogen-bond donors (Lipinski definition) is 1. The first-order chi connectivity index (χ1) is 11.4. The molecule has 0 bridgehead atoms. The molecule has 3 rings (SSSR count). The summed E-state index contributed by atoms with van der Waals surface area (Å²) >= 11 is 0. The summed E-state index contributed by atoms with van der Waals surface area (Å²) in [5.41, 5.74) is 1.25. The average Bonchev–Trinajstić information content (AvgIpc) is 2.62. The van der Waals surface area contributed by atoms with Gasteiger partial charge in [-0.25, -0.2) is 0 Å². The largest absolute Gasteiger partial charge is 0.496 e. The van der Waals surface area contributed by atoms with E-state index in [-0.39, 0.29) is 12.4 Å². The van der Waals surface area contributed by atoms with Gasteiger partial charge in [-0.3, -0.25) is 4.90 Å². The Kier molecular flexibility index (Phi) is 7.79. The van der Waals surface area contributed by atoms with Crippen LogP contribution in [0.2, 0.25) is 0 Å². The van der Waals surface area contributed by atoms with Gasteiger partial charge in [-0.05, 0) is 36.3 Å². The van der Waals surface area contributed by atoms with E-state index >= 15 is 0 Å². The maximum Gasteiger partial charge on any atom is 0.123 e. The van der Waals surface area contributed by atoms with Crippen LogP contribution in [0.15, 0.2) is 36.4 Å². The molecular weight excluding hydrogens is 324 g/mol. The molecule has 0 saturated carbocycles. The number of halogens is 1. The third-order valence-electron chi connectivity index (χ3n) is 4.45. The van der Waals surface area contributed by atoms with Crippen LogP contribution >= 0.6 is 12.4 Å².